The lowest BCUT2D eigenvalue weighted by atomic mass is 9.55. The van der Waals surface area contributed by atoms with Gasteiger partial charge >= 0.3 is 13.8 Å². The van der Waals surface area contributed by atoms with Crippen LogP contribution in [0.15, 0.2) is 61.4 Å². The number of primary amides is 5. The van der Waals surface area contributed by atoms with Crippen molar-refractivity contribution in [3.63, 3.8) is 0 Å². The first kappa shape index (κ1) is 69.0. The second kappa shape index (κ2) is 25.7. The number of aliphatic carboxylic acids is 1. The second-order valence-corrected chi connectivity index (χ2v) is 28.6. The lowest BCUT2D eigenvalue weighted by molar-refractivity contribution is -0.137. The number of phosphoric acid groups is 1. The number of aliphatic hydroxyl groups excluding tert-OH is 2. The molecule has 0 spiro atoms. The van der Waals surface area contributed by atoms with E-state index in [9.17, 15) is 58.3 Å². The van der Waals surface area contributed by atoms with Crippen molar-refractivity contribution in [3.05, 3.63) is 57.6 Å². The predicted molar refractivity (Wildman–Crippen MR) is 334 cm³/mol. The number of rotatable bonds is 26. The van der Waals surface area contributed by atoms with Gasteiger partial charge in [-0.1, -0.05) is 34.6 Å². The molecule has 2 fully saturated rings. The lowest BCUT2D eigenvalue weighted by Crippen LogP contribution is -2.56. The summed E-state index contributed by atoms with van der Waals surface area (Å²) in [6, 6.07) is 2.81. The fraction of sp³-hybridized carbons (Fsp3) is 0.645. The third-order valence-corrected chi connectivity index (χ3v) is 21.9. The molecule has 7 aliphatic heterocycles. The summed E-state index contributed by atoms with van der Waals surface area (Å²) in [5, 5.41) is 41.8. The molecule has 15 atom stereocenters. The Morgan fingerprint density at radius 2 is 1.46 bits per heavy atom. The minimum atomic E-state index is -5.06. The molecule has 0 aromatic heterocycles. The number of carbonyl (C=O) groups excluding carboxylic acids is 6. The Hall–Kier alpha value is -6.87. The molecule has 7 heterocycles. The number of nitrogens with one attached hydrogen (secondary N) is 3. The van der Waals surface area contributed by atoms with Crippen LogP contribution in [0.1, 0.15) is 144 Å². The molecule has 0 radical (unpaired) electrons. The first-order valence-corrected chi connectivity index (χ1v) is 32.2. The van der Waals surface area contributed by atoms with Gasteiger partial charge < -0.3 is 74.5 Å². The number of hydrogen-bond donors (Lipinski definition) is 12. The summed E-state index contributed by atoms with van der Waals surface area (Å²) in [6.07, 6.45) is -6.02. The first-order chi connectivity index (χ1) is 41.8. The number of carboxylic acids is 1. The number of aliphatic imine (C=N–C) groups is 3. The van der Waals surface area contributed by atoms with Gasteiger partial charge in [-0.2, -0.15) is 0 Å². The van der Waals surface area contributed by atoms with Gasteiger partial charge in [0.15, 0.2) is 6.23 Å². The summed E-state index contributed by atoms with van der Waals surface area (Å²) in [6.45, 7) is 19.4. The molecule has 28 heteroatoms. The van der Waals surface area contributed by atoms with Crippen LogP contribution in [0.4, 0.5) is 11.4 Å². The Kier molecular flexibility index (Phi) is 19.7. The van der Waals surface area contributed by atoms with E-state index in [1.54, 1.807) is 25.7 Å². The van der Waals surface area contributed by atoms with Crippen LogP contribution < -0.4 is 49.5 Å². The van der Waals surface area contributed by atoms with Crippen LogP contribution >= 0.6 is 7.82 Å². The van der Waals surface area contributed by atoms with Gasteiger partial charge in [0.25, 0.3) is 0 Å². The number of carboxylic acid groups (broad SMARTS) is 1. The third kappa shape index (κ3) is 13.0. The maximum Gasteiger partial charge on any atom is 0.472 e. The summed E-state index contributed by atoms with van der Waals surface area (Å²) in [7, 11) is -5.06. The van der Waals surface area contributed by atoms with Crippen molar-refractivity contribution in [2.45, 2.75) is 189 Å². The number of carbonyl (C=O) groups is 7. The maximum atomic E-state index is 14.4. The molecule has 90 heavy (non-hydrogen) atoms. The van der Waals surface area contributed by atoms with E-state index >= 15 is 0 Å². The number of allylic oxidation sites excluding steroid dienone is 6. The largest absolute Gasteiger partial charge is 0.481 e. The van der Waals surface area contributed by atoms with Crippen LogP contribution in [0.25, 0.3) is 0 Å². The van der Waals surface area contributed by atoms with Crippen molar-refractivity contribution < 1.29 is 72.1 Å². The molecule has 494 valence electrons. The lowest BCUT2D eigenvalue weighted by Gasteiger charge is -2.48. The number of phosphoric ester groups is 1. The fourth-order valence-electron chi connectivity index (χ4n) is 15.6. The van der Waals surface area contributed by atoms with E-state index in [2.05, 4.69) is 16.0 Å². The van der Waals surface area contributed by atoms with Crippen LogP contribution in [0.2, 0.25) is 0 Å². The zero-order chi connectivity index (χ0) is 66.7. The quantitative estimate of drug-likeness (QED) is 0.0591. The number of anilines is 2. The van der Waals surface area contributed by atoms with Gasteiger partial charge in [0, 0.05) is 131 Å². The Morgan fingerprint density at radius 3 is 2.06 bits per heavy atom. The summed E-state index contributed by atoms with van der Waals surface area (Å²) < 4.78 is 30.8. The first-order valence-electron chi connectivity index (χ1n) is 30.7. The normalized spacial score (nSPS) is 33.9. The SMILES string of the molecule is CC1=C2N/C(=C\C3=NC(=C(/C)C4=N[C@@H]([C@H](CC(N)=O)C4(C)CCC(=O)NCC(C)OP(=O)(O)OC4C(O)C(N5CNc6cc(C)c(C)cc65)O[C@@H]4CO)C4(C)N=C1C(CCC(=O)O)C4(C)CC(N)=O)/C(CCC(N)=O)C3(C)C)C(CCC(N)=O)C2(C)CC(N)=O. The molecule has 1 aromatic carbocycles. The van der Waals surface area contributed by atoms with E-state index in [0.717, 1.165) is 22.5 Å². The summed E-state index contributed by atoms with van der Waals surface area (Å²) in [5.74, 6) is -7.88. The van der Waals surface area contributed by atoms with E-state index < -0.39 is 143 Å². The molecule has 0 saturated carbocycles. The van der Waals surface area contributed by atoms with Crippen LogP contribution in [0.5, 0.6) is 0 Å². The highest BCUT2D eigenvalue weighted by atomic mass is 31.2. The van der Waals surface area contributed by atoms with E-state index in [1.807, 2.05) is 66.7 Å². The Morgan fingerprint density at radius 1 is 0.833 bits per heavy atom. The molecule has 17 N–H and O–H groups in total. The number of hydrogen-bond acceptors (Lipinski definition) is 19. The number of nitrogens with zero attached hydrogens (tertiary/aromatic N) is 4. The molecular weight excluding hydrogens is 1180 g/mol. The number of aliphatic hydroxyl groups is 2. The van der Waals surface area contributed by atoms with Crippen molar-refractivity contribution in [1.29, 1.82) is 0 Å². The van der Waals surface area contributed by atoms with Crippen molar-refractivity contribution in [3.8, 4) is 0 Å². The summed E-state index contributed by atoms with van der Waals surface area (Å²) in [4.78, 5) is 123. The fourth-order valence-corrected chi connectivity index (χ4v) is 16.8. The molecule has 1 aromatic rings. The van der Waals surface area contributed by atoms with Crippen LogP contribution in [-0.2, 0) is 51.9 Å². The monoisotopic (exact) mass is 1270 g/mol. The van der Waals surface area contributed by atoms with Gasteiger partial charge in [0.2, 0.25) is 35.4 Å². The number of benzene rings is 1. The molecule has 0 aliphatic carbocycles. The molecule has 7 aliphatic rings. The van der Waals surface area contributed by atoms with E-state index in [1.165, 1.54) is 6.92 Å². The van der Waals surface area contributed by atoms with Gasteiger partial charge in [0.05, 0.1) is 42.3 Å². The summed E-state index contributed by atoms with van der Waals surface area (Å²) >= 11 is 0. The number of aryl methyl sites for hydroxylation is 2. The second-order valence-electron chi connectivity index (χ2n) is 27.2. The van der Waals surface area contributed by atoms with Crippen molar-refractivity contribution in [2.24, 2.45) is 89.0 Å². The van der Waals surface area contributed by atoms with Crippen LogP contribution in [-0.4, -0.2) is 141 Å². The van der Waals surface area contributed by atoms with Crippen molar-refractivity contribution in [2.75, 3.05) is 30.0 Å². The zero-order valence-electron chi connectivity index (χ0n) is 53.3. The number of amides is 6. The van der Waals surface area contributed by atoms with Crippen molar-refractivity contribution in [1.82, 2.24) is 10.6 Å². The average Bonchev–Trinajstić information content (AvgIpc) is 1.53. The van der Waals surface area contributed by atoms with E-state index in [0.29, 0.717) is 45.4 Å². The van der Waals surface area contributed by atoms with Gasteiger partial charge in [-0.15, -0.1) is 0 Å². The smallest absolute Gasteiger partial charge is 0.472 e. The minimum absolute atomic E-state index is 0.0232. The van der Waals surface area contributed by atoms with Crippen LogP contribution in [0.3, 0.4) is 0 Å². The van der Waals surface area contributed by atoms with Gasteiger partial charge in [0.1, 0.15) is 18.3 Å². The maximum absolute atomic E-state index is 14.4. The topological polar surface area (TPSA) is 452 Å². The molecular formula is C62H91N12O15P. The molecule has 2 saturated heterocycles. The average molecular weight is 1280 g/mol. The Labute approximate surface area is 524 Å². The summed E-state index contributed by atoms with van der Waals surface area (Å²) in [5.41, 5.74) is 31.4. The molecule has 27 nitrogen and oxygen atoms in total. The van der Waals surface area contributed by atoms with Crippen LogP contribution in [0, 0.1) is 59.2 Å². The van der Waals surface area contributed by atoms with Gasteiger partial charge in [-0.05, 0) is 108 Å². The number of ether oxygens (including phenoxy) is 1. The highest BCUT2D eigenvalue weighted by Gasteiger charge is 2.66. The third-order valence-electron chi connectivity index (χ3n) is 20.8. The zero-order valence-corrected chi connectivity index (χ0v) is 54.2. The van der Waals surface area contributed by atoms with Crippen molar-refractivity contribution >= 4 is 77.7 Å². The highest BCUT2D eigenvalue weighted by Crippen LogP contribution is 2.63. The van der Waals surface area contributed by atoms with Gasteiger partial charge in [-0.25, -0.2) is 4.57 Å². The molecule has 6 amide bonds. The standard InChI is InChI=1S/C62H91N12O15P/c1-29-20-39-40(21-30(29)2)74(28-69-39)57-52(84)53(41(27-75)87-57)89-90(85,86)88-31(3)26-68-48(81)18-19-59(8)37(22-45(65)78)56-62(11)61(10,25-47(67)80)36(14-17-49(82)83)51(73-62)33(5)55-60(9,24-46(66)79)34(12-15-43(63)76)38(70-55)23-42-58(6,7)35(13-16-44(64)77)50(71-42)32(4)54(59)72-56/h20-21,23,31,34-37,41,52-53,56-57,69-70,75,84H,12-19,22,24-28H2,1-11H3,(H2,63,76)(H2,64,77)(H2,65,78)(H2,66,79)(H2,67,80)(H,68,81)(H,82,83)(H,85,86)/b38-23-,50-32-,55-33?/t31?,34?,35?,36?,37-,41+,52?,53?,56-,57?,59?,60?,61?,62?/m0/s1. The Bertz CT molecular complexity index is 3380. The molecule has 8 bridgehead atoms. The number of nitrogens with two attached hydrogens (primary N) is 5. The minimum Gasteiger partial charge on any atom is -0.481 e. The Balaban J connectivity index is 1.19. The predicted octanol–water partition coefficient (Wildman–Crippen LogP) is 3.43. The van der Waals surface area contributed by atoms with Gasteiger partial charge in [-0.3, -0.25) is 57.6 Å². The molecule has 12 unspecified atom stereocenters. The molecule has 8 rings (SSSR count). The van der Waals surface area contributed by atoms with E-state index in [4.69, 9.17) is 57.4 Å². The number of fused-ring (bicyclic) bond motifs is 7. The van der Waals surface area contributed by atoms with E-state index in [-0.39, 0.29) is 83.8 Å². The highest BCUT2D eigenvalue weighted by molar-refractivity contribution is 7.47.